The van der Waals surface area contributed by atoms with Gasteiger partial charge in [0.2, 0.25) is 18.0 Å². The van der Waals surface area contributed by atoms with Crippen molar-refractivity contribution in [3.63, 3.8) is 0 Å². The van der Waals surface area contributed by atoms with Crippen molar-refractivity contribution in [1.82, 2.24) is 0 Å². The van der Waals surface area contributed by atoms with Crippen LogP contribution in [0.25, 0.3) is 0 Å². The lowest BCUT2D eigenvalue weighted by molar-refractivity contribution is -0.296. The van der Waals surface area contributed by atoms with E-state index < -0.39 is 131 Å². The molecule has 290 valence electrons. The van der Waals surface area contributed by atoms with Crippen LogP contribution in [0, 0.1) is 34.5 Å². The van der Waals surface area contributed by atoms with Gasteiger partial charge in [0.1, 0.15) is 36.6 Å². The summed E-state index contributed by atoms with van der Waals surface area (Å²) in [6.45, 7) is 6.81. The third-order valence-corrected chi connectivity index (χ3v) is 12.6. The Morgan fingerprint density at radius 3 is 2.33 bits per heavy atom. The number of ether oxygens (including phenoxy) is 6. The zero-order valence-corrected chi connectivity index (χ0v) is 29.7. The SMILES string of the molecule is CC/C(=C\C(=O)O[C@H]1C(=O)O[C@@H]2C[C@H]3[C@H](C)C(=O)C(O[C@@H]4O[C@H](CO)[C@@H](O)[C@H](O)[C@H]4O)=C[C@]3(C)[C@H]3[C@@H](O)[C@H](O)[C@@]4(C(=O)OC)OC[C@]32[C@@H]14)C(C)(C)O. The van der Waals surface area contributed by atoms with Crippen LogP contribution < -0.4 is 0 Å². The van der Waals surface area contributed by atoms with E-state index in [9.17, 15) is 54.9 Å². The quantitative estimate of drug-likeness (QED) is 0.0789. The summed E-state index contributed by atoms with van der Waals surface area (Å²) in [6, 6.07) is 0. The average molecular weight is 741 g/mol. The fraction of sp³-hybridized carbons (Fsp3) is 0.771. The van der Waals surface area contributed by atoms with Gasteiger partial charge in [0.25, 0.3) is 0 Å². The van der Waals surface area contributed by atoms with Crippen molar-refractivity contribution in [2.45, 2.75) is 114 Å². The van der Waals surface area contributed by atoms with Crippen molar-refractivity contribution >= 4 is 23.7 Å². The van der Waals surface area contributed by atoms with Gasteiger partial charge in [-0.15, -0.1) is 0 Å². The molecular weight excluding hydrogens is 692 g/mol. The Bertz CT molecular complexity index is 1550. The molecule has 16 atom stereocenters. The second kappa shape index (κ2) is 13.1. The molecule has 0 radical (unpaired) electrons. The van der Waals surface area contributed by atoms with E-state index in [1.54, 1.807) is 20.8 Å². The van der Waals surface area contributed by atoms with E-state index >= 15 is 0 Å². The predicted molar refractivity (Wildman–Crippen MR) is 170 cm³/mol. The van der Waals surface area contributed by atoms with E-state index in [2.05, 4.69) is 0 Å². The Morgan fingerprint density at radius 1 is 1.06 bits per heavy atom. The number of rotatable bonds is 8. The maximum Gasteiger partial charge on any atom is 0.348 e. The van der Waals surface area contributed by atoms with Gasteiger partial charge in [0.05, 0.1) is 37.9 Å². The minimum Gasteiger partial charge on any atom is -0.467 e. The highest BCUT2D eigenvalue weighted by molar-refractivity contribution is 5.97. The number of aliphatic hydroxyl groups excluding tert-OH is 6. The highest BCUT2D eigenvalue weighted by atomic mass is 16.7. The third kappa shape index (κ3) is 5.30. The van der Waals surface area contributed by atoms with E-state index in [1.165, 1.54) is 19.9 Å². The number of carbonyl (C=O) groups is 4. The van der Waals surface area contributed by atoms with Crippen molar-refractivity contribution in [3.05, 3.63) is 23.5 Å². The molecule has 52 heavy (non-hydrogen) atoms. The molecule has 0 unspecified atom stereocenters. The summed E-state index contributed by atoms with van der Waals surface area (Å²) in [5, 5.41) is 75.5. The van der Waals surface area contributed by atoms with E-state index in [1.807, 2.05) is 0 Å². The fourth-order valence-electron chi connectivity index (χ4n) is 10.2. The summed E-state index contributed by atoms with van der Waals surface area (Å²) >= 11 is 0. The monoisotopic (exact) mass is 740 g/mol. The molecule has 1 spiro atoms. The van der Waals surface area contributed by atoms with Gasteiger partial charge in [0.15, 0.2) is 11.5 Å². The molecule has 3 saturated heterocycles. The third-order valence-electron chi connectivity index (χ3n) is 12.6. The molecule has 0 amide bonds. The van der Waals surface area contributed by atoms with Gasteiger partial charge in [-0.2, -0.15) is 0 Å². The lowest BCUT2D eigenvalue weighted by Crippen LogP contribution is -2.79. The molecule has 7 N–H and O–H groups in total. The molecule has 2 bridgehead atoms. The minimum atomic E-state index is -2.40. The number of ketones is 1. The first-order chi connectivity index (χ1) is 24.3. The van der Waals surface area contributed by atoms with Crippen LogP contribution in [0.2, 0.25) is 0 Å². The smallest absolute Gasteiger partial charge is 0.348 e. The topological polar surface area (TPSA) is 265 Å². The number of aliphatic hydroxyl groups is 7. The Labute approximate surface area is 299 Å². The van der Waals surface area contributed by atoms with Crippen LogP contribution >= 0.6 is 0 Å². The minimum absolute atomic E-state index is 0.00859. The number of fused-ring (bicyclic) bond motifs is 2. The molecular formula is C35H48O17. The Kier molecular flexibility index (Phi) is 9.75. The number of hydrogen-bond donors (Lipinski definition) is 7. The van der Waals surface area contributed by atoms with Gasteiger partial charge in [-0.05, 0) is 49.7 Å². The van der Waals surface area contributed by atoms with Crippen LogP contribution in [-0.2, 0) is 47.6 Å². The standard InChI is InChI=1S/C35H48O17/c1-7-14(32(3,4)46)8-19(37)52-25-27-34-12-48-35(27,31(45)47-6)28(43)24(42)26(34)33(5)10-16(20(38)13(2)15(33)9-18(34)51-29(25)44)49-30-23(41)22(40)21(39)17(11-36)50-30/h8,10,13,15,17-18,21-28,30,36,39-43,46H,7,9,11-12H2,1-6H3/b14-8+/t13-,15-,17+,18+,21+,22-,23+,24+,25+,26+,27+,28-,30+,33-,34+,35-/m0/s1. The molecule has 5 fully saturated rings. The van der Waals surface area contributed by atoms with Gasteiger partial charge < -0.3 is 64.2 Å². The van der Waals surface area contributed by atoms with Crippen molar-refractivity contribution in [2.75, 3.05) is 20.3 Å². The van der Waals surface area contributed by atoms with Crippen LogP contribution in [-0.4, -0.2) is 146 Å². The molecule has 2 saturated carbocycles. The molecule has 0 aromatic heterocycles. The molecule has 0 aromatic carbocycles. The zero-order valence-electron chi connectivity index (χ0n) is 29.7. The van der Waals surface area contributed by atoms with Crippen LogP contribution in [0.3, 0.4) is 0 Å². The van der Waals surface area contributed by atoms with Crippen molar-refractivity contribution in [2.24, 2.45) is 34.5 Å². The molecule has 0 aromatic rings. The number of carbonyl (C=O) groups excluding carboxylic acids is 4. The maximum absolute atomic E-state index is 13.9. The largest absolute Gasteiger partial charge is 0.467 e. The van der Waals surface area contributed by atoms with E-state index in [4.69, 9.17) is 28.4 Å². The van der Waals surface area contributed by atoms with Crippen LogP contribution in [0.4, 0.5) is 0 Å². The van der Waals surface area contributed by atoms with Crippen molar-refractivity contribution < 1.29 is 83.3 Å². The molecule has 3 heterocycles. The molecule has 17 nitrogen and oxygen atoms in total. The summed E-state index contributed by atoms with van der Waals surface area (Å²) in [5.74, 6) is -8.33. The summed E-state index contributed by atoms with van der Waals surface area (Å²) in [5.41, 5.74) is -6.40. The summed E-state index contributed by atoms with van der Waals surface area (Å²) in [6.07, 6.45) is -12.5. The van der Waals surface area contributed by atoms with E-state index in [0.29, 0.717) is 0 Å². The van der Waals surface area contributed by atoms with Crippen LogP contribution in [0.1, 0.15) is 47.5 Å². The summed E-state index contributed by atoms with van der Waals surface area (Å²) in [7, 11) is 1.04. The molecule has 6 rings (SSSR count). The van der Waals surface area contributed by atoms with Crippen molar-refractivity contribution in [1.29, 1.82) is 0 Å². The first-order valence-electron chi connectivity index (χ1n) is 17.4. The lowest BCUT2D eigenvalue weighted by Gasteiger charge is -2.67. The molecule has 3 aliphatic heterocycles. The summed E-state index contributed by atoms with van der Waals surface area (Å²) in [4.78, 5) is 54.8. The highest BCUT2D eigenvalue weighted by Crippen LogP contribution is 2.72. The van der Waals surface area contributed by atoms with E-state index in [0.717, 1.165) is 13.2 Å². The van der Waals surface area contributed by atoms with Gasteiger partial charge >= 0.3 is 17.9 Å². The second-order valence-corrected chi connectivity index (χ2v) is 15.6. The fourth-order valence-corrected chi connectivity index (χ4v) is 10.2. The molecule has 3 aliphatic carbocycles. The zero-order chi connectivity index (χ0) is 38.5. The highest BCUT2D eigenvalue weighted by Gasteiger charge is 2.85. The lowest BCUT2D eigenvalue weighted by atomic mass is 9.38. The Hall–Kier alpha value is -3.00. The Morgan fingerprint density at radius 2 is 1.73 bits per heavy atom. The number of esters is 3. The van der Waals surface area contributed by atoms with Crippen LogP contribution in [0.5, 0.6) is 0 Å². The van der Waals surface area contributed by atoms with Crippen LogP contribution in [0.15, 0.2) is 23.5 Å². The van der Waals surface area contributed by atoms with Gasteiger partial charge in [-0.1, -0.05) is 20.8 Å². The first-order valence-corrected chi connectivity index (χ1v) is 17.4. The maximum atomic E-state index is 13.9. The number of Topliss-reactive ketones (excluding diaryl/α,β-unsaturated/α-hetero) is 1. The summed E-state index contributed by atoms with van der Waals surface area (Å²) < 4.78 is 34.3. The van der Waals surface area contributed by atoms with E-state index in [-0.39, 0.29) is 30.8 Å². The number of hydrogen-bond acceptors (Lipinski definition) is 17. The molecule has 6 aliphatic rings. The predicted octanol–water partition coefficient (Wildman–Crippen LogP) is -2.23. The average Bonchev–Trinajstić information content (AvgIpc) is 3.39. The normalized spacial score (nSPS) is 47.1. The number of allylic oxidation sites excluding steroid dienone is 2. The second-order valence-electron chi connectivity index (χ2n) is 15.6. The van der Waals surface area contributed by atoms with Gasteiger partial charge in [0, 0.05) is 23.3 Å². The number of methoxy groups -OCH3 is 1. The van der Waals surface area contributed by atoms with Gasteiger partial charge in [-0.25, -0.2) is 14.4 Å². The molecule has 17 heteroatoms. The van der Waals surface area contributed by atoms with Crippen molar-refractivity contribution in [3.8, 4) is 0 Å². The van der Waals surface area contributed by atoms with Gasteiger partial charge in [-0.3, -0.25) is 4.79 Å². The Balaban J connectivity index is 1.47. The first kappa shape index (κ1) is 38.7.